The van der Waals surface area contributed by atoms with Crippen LogP contribution < -0.4 is 0 Å². The first-order valence-electron chi connectivity index (χ1n) is 9.36. The Balaban J connectivity index is 1.62. The van der Waals surface area contributed by atoms with Crippen molar-refractivity contribution in [2.24, 2.45) is 0 Å². The molecule has 1 aliphatic heterocycles. The molecule has 1 fully saturated rings. The number of ether oxygens (including phenoxy) is 1. The highest BCUT2D eigenvalue weighted by molar-refractivity contribution is 5.81. The Morgan fingerprint density at radius 1 is 1.00 bits per heavy atom. The standard InChI is InChI=1S/C23H23NO3/c25-23(22-11-6-13-27-22)24(15-18-12-14-26-17-18)16-20-9-4-5-10-21(20)19-7-2-1-3-8-19/h1-5,7-10,12,14,17,22H,6,11,13,15-16H2/t22-/m1/s1. The van der Waals surface area contributed by atoms with Crippen LogP contribution in [0.5, 0.6) is 0 Å². The highest BCUT2D eigenvalue weighted by atomic mass is 16.5. The zero-order valence-corrected chi connectivity index (χ0v) is 15.2. The molecule has 0 spiro atoms. The van der Waals surface area contributed by atoms with Crippen molar-refractivity contribution < 1.29 is 13.9 Å². The molecule has 0 saturated carbocycles. The second-order valence-electron chi connectivity index (χ2n) is 6.85. The SMILES string of the molecule is O=C([C@H]1CCCO1)N(Cc1ccoc1)Cc1ccccc1-c1ccccc1. The molecule has 138 valence electrons. The van der Waals surface area contributed by atoms with Crippen LogP contribution in [0.1, 0.15) is 24.0 Å². The van der Waals surface area contributed by atoms with E-state index in [1.165, 1.54) is 0 Å². The molecular weight excluding hydrogens is 338 g/mol. The molecule has 27 heavy (non-hydrogen) atoms. The summed E-state index contributed by atoms with van der Waals surface area (Å²) in [6, 6.07) is 20.4. The Bertz CT molecular complexity index is 868. The van der Waals surface area contributed by atoms with Gasteiger partial charge in [0.1, 0.15) is 6.10 Å². The van der Waals surface area contributed by atoms with Crippen molar-refractivity contribution in [3.63, 3.8) is 0 Å². The van der Waals surface area contributed by atoms with Crippen LogP contribution in [0, 0.1) is 0 Å². The van der Waals surface area contributed by atoms with Gasteiger partial charge in [0.15, 0.2) is 0 Å². The minimum absolute atomic E-state index is 0.0524. The number of carbonyl (C=O) groups is 1. The summed E-state index contributed by atoms with van der Waals surface area (Å²) in [5, 5.41) is 0. The van der Waals surface area contributed by atoms with Crippen LogP contribution >= 0.6 is 0 Å². The van der Waals surface area contributed by atoms with E-state index in [0.717, 1.165) is 35.1 Å². The van der Waals surface area contributed by atoms with Crippen LogP contribution in [0.2, 0.25) is 0 Å². The van der Waals surface area contributed by atoms with E-state index in [1.54, 1.807) is 12.5 Å². The molecule has 0 radical (unpaired) electrons. The molecule has 4 heteroatoms. The predicted octanol–water partition coefficient (Wildman–Crippen LogP) is 4.65. The number of furan rings is 1. The molecular formula is C23H23NO3. The molecule has 3 aromatic rings. The molecule has 4 nitrogen and oxygen atoms in total. The quantitative estimate of drug-likeness (QED) is 0.642. The van der Waals surface area contributed by atoms with Crippen LogP contribution in [0.25, 0.3) is 11.1 Å². The lowest BCUT2D eigenvalue weighted by Crippen LogP contribution is -2.38. The number of nitrogens with zero attached hydrogens (tertiary/aromatic N) is 1. The van der Waals surface area contributed by atoms with E-state index in [0.29, 0.717) is 19.7 Å². The second kappa shape index (κ2) is 8.23. The summed E-state index contributed by atoms with van der Waals surface area (Å²) in [6.07, 6.45) is 4.74. The van der Waals surface area contributed by atoms with Crippen molar-refractivity contribution in [1.82, 2.24) is 4.90 Å². The number of benzene rings is 2. The smallest absolute Gasteiger partial charge is 0.252 e. The summed E-state index contributed by atoms with van der Waals surface area (Å²) in [5.41, 5.74) is 4.41. The molecule has 0 bridgehead atoms. The highest BCUT2D eigenvalue weighted by Gasteiger charge is 2.29. The van der Waals surface area contributed by atoms with Crippen LogP contribution in [0.3, 0.4) is 0 Å². The first kappa shape index (κ1) is 17.6. The van der Waals surface area contributed by atoms with Crippen molar-refractivity contribution in [1.29, 1.82) is 0 Å². The molecule has 2 heterocycles. The van der Waals surface area contributed by atoms with Crippen molar-refractivity contribution in [3.05, 3.63) is 84.3 Å². The fourth-order valence-corrected chi connectivity index (χ4v) is 3.55. The predicted molar refractivity (Wildman–Crippen MR) is 104 cm³/mol. The van der Waals surface area contributed by atoms with Crippen molar-refractivity contribution in [3.8, 4) is 11.1 Å². The fraction of sp³-hybridized carbons (Fsp3) is 0.261. The lowest BCUT2D eigenvalue weighted by atomic mass is 9.99. The van der Waals surface area contributed by atoms with Gasteiger partial charge in [0.25, 0.3) is 5.91 Å². The first-order valence-corrected chi connectivity index (χ1v) is 9.36. The number of rotatable bonds is 6. The van der Waals surface area contributed by atoms with Crippen LogP contribution in [-0.2, 0) is 22.6 Å². The van der Waals surface area contributed by atoms with Crippen molar-refractivity contribution >= 4 is 5.91 Å². The first-order chi connectivity index (χ1) is 13.3. The van der Waals surface area contributed by atoms with E-state index in [4.69, 9.17) is 9.15 Å². The van der Waals surface area contributed by atoms with Gasteiger partial charge in [0.2, 0.25) is 0 Å². The van der Waals surface area contributed by atoms with Gasteiger partial charge in [-0.2, -0.15) is 0 Å². The zero-order chi connectivity index (χ0) is 18.5. The van der Waals surface area contributed by atoms with Crippen molar-refractivity contribution in [2.45, 2.75) is 32.0 Å². The van der Waals surface area contributed by atoms with Gasteiger partial charge in [-0.3, -0.25) is 4.79 Å². The molecule has 1 aliphatic rings. The van der Waals surface area contributed by atoms with Gasteiger partial charge in [-0.1, -0.05) is 54.6 Å². The Kier molecular flexibility index (Phi) is 5.35. The highest BCUT2D eigenvalue weighted by Crippen LogP contribution is 2.26. The fourth-order valence-electron chi connectivity index (χ4n) is 3.55. The van der Waals surface area contributed by atoms with Crippen LogP contribution in [0.15, 0.2) is 77.6 Å². The van der Waals surface area contributed by atoms with Crippen LogP contribution in [0.4, 0.5) is 0 Å². The van der Waals surface area contributed by atoms with E-state index < -0.39 is 0 Å². The molecule has 1 amide bonds. The maximum absolute atomic E-state index is 13.1. The maximum atomic E-state index is 13.1. The lowest BCUT2D eigenvalue weighted by Gasteiger charge is -2.26. The topological polar surface area (TPSA) is 42.7 Å². The summed E-state index contributed by atoms with van der Waals surface area (Å²) in [6.45, 7) is 1.71. The Morgan fingerprint density at radius 3 is 2.56 bits per heavy atom. The molecule has 0 aliphatic carbocycles. The van der Waals surface area contributed by atoms with Crippen LogP contribution in [-0.4, -0.2) is 23.5 Å². The molecule has 1 atom stereocenters. The largest absolute Gasteiger partial charge is 0.472 e. The normalized spacial score (nSPS) is 16.4. The van der Waals surface area contributed by atoms with Gasteiger partial charge in [-0.15, -0.1) is 0 Å². The van der Waals surface area contributed by atoms with E-state index >= 15 is 0 Å². The summed E-state index contributed by atoms with van der Waals surface area (Å²) in [5.74, 6) is 0.0524. The summed E-state index contributed by atoms with van der Waals surface area (Å²) < 4.78 is 10.8. The molecule has 1 aromatic heterocycles. The summed E-state index contributed by atoms with van der Waals surface area (Å²) in [7, 11) is 0. The van der Waals surface area contributed by atoms with Crippen molar-refractivity contribution in [2.75, 3.05) is 6.61 Å². The van der Waals surface area contributed by atoms with Gasteiger partial charge < -0.3 is 14.1 Å². The zero-order valence-electron chi connectivity index (χ0n) is 15.2. The minimum Gasteiger partial charge on any atom is -0.472 e. The minimum atomic E-state index is -0.333. The van der Waals surface area contributed by atoms with E-state index in [9.17, 15) is 4.79 Å². The lowest BCUT2D eigenvalue weighted by molar-refractivity contribution is -0.142. The average molecular weight is 361 g/mol. The monoisotopic (exact) mass is 361 g/mol. The molecule has 2 aromatic carbocycles. The average Bonchev–Trinajstić information content (AvgIpc) is 3.42. The third-order valence-corrected chi connectivity index (χ3v) is 4.93. The van der Waals surface area contributed by atoms with Gasteiger partial charge in [0, 0.05) is 25.3 Å². The van der Waals surface area contributed by atoms with E-state index in [2.05, 4.69) is 24.3 Å². The summed E-state index contributed by atoms with van der Waals surface area (Å²) >= 11 is 0. The number of carbonyl (C=O) groups excluding carboxylic acids is 1. The molecule has 0 unspecified atom stereocenters. The number of hydrogen-bond donors (Lipinski definition) is 0. The molecule has 4 rings (SSSR count). The Morgan fingerprint density at radius 2 is 1.81 bits per heavy atom. The van der Waals surface area contributed by atoms with Gasteiger partial charge in [-0.05, 0) is 35.6 Å². The summed E-state index contributed by atoms with van der Waals surface area (Å²) in [4.78, 5) is 15.0. The Hall–Kier alpha value is -2.85. The van der Waals surface area contributed by atoms with Gasteiger partial charge in [-0.25, -0.2) is 0 Å². The van der Waals surface area contributed by atoms with Gasteiger partial charge in [0.05, 0.1) is 12.5 Å². The maximum Gasteiger partial charge on any atom is 0.252 e. The molecule has 0 N–H and O–H groups in total. The van der Waals surface area contributed by atoms with Gasteiger partial charge >= 0.3 is 0 Å². The van der Waals surface area contributed by atoms with E-state index in [1.807, 2.05) is 41.3 Å². The number of amides is 1. The molecule has 1 saturated heterocycles. The van der Waals surface area contributed by atoms with E-state index in [-0.39, 0.29) is 12.0 Å². The number of hydrogen-bond acceptors (Lipinski definition) is 3. The Labute approximate surface area is 159 Å². The second-order valence-corrected chi connectivity index (χ2v) is 6.85. The third kappa shape index (κ3) is 4.12. The third-order valence-electron chi connectivity index (χ3n) is 4.93.